The van der Waals surface area contributed by atoms with Gasteiger partial charge in [0, 0.05) is 13.3 Å². The van der Waals surface area contributed by atoms with Gasteiger partial charge in [0.25, 0.3) is 5.91 Å². The van der Waals surface area contributed by atoms with Crippen LogP contribution in [0, 0.1) is 0 Å². The molecule has 134 valence electrons. The van der Waals surface area contributed by atoms with Crippen LogP contribution in [-0.2, 0) is 20.8 Å². The Morgan fingerprint density at radius 1 is 1.00 bits per heavy atom. The minimum absolute atomic E-state index is 0.0111. The van der Waals surface area contributed by atoms with Crippen molar-refractivity contribution in [3.05, 3.63) is 77.5 Å². The predicted octanol–water partition coefficient (Wildman–Crippen LogP) is 1.98. The zero-order chi connectivity index (χ0) is 18.9. The molecule has 0 spiro atoms. The summed E-state index contributed by atoms with van der Waals surface area (Å²) in [5.41, 5.74) is 1.48. The van der Waals surface area contributed by atoms with E-state index in [-0.39, 0.29) is 12.1 Å². The lowest BCUT2D eigenvalue weighted by Crippen LogP contribution is -2.45. The number of nitrogens with one attached hydrogen (secondary N) is 2. The van der Waals surface area contributed by atoms with Crippen molar-refractivity contribution >= 4 is 23.9 Å². The minimum atomic E-state index is -1.15. The Labute approximate surface area is 151 Å². The first-order valence-electron chi connectivity index (χ1n) is 8.07. The van der Waals surface area contributed by atoms with Crippen LogP contribution in [0.2, 0.25) is 0 Å². The van der Waals surface area contributed by atoms with E-state index in [1.807, 2.05) is 12.1 Å². The van der Waals surface area contributed by atoms with E-state index in [4.69, 9.17) is 0 Å². The van der Waals surface area contributed by atoms with E-state index in [1.54, 1.807) is 48.5 Å². The van der Waals surface area contributed by atoms with Crippen molar-refractivity contribution in [3.63, 3.8) is 0 Å². The lowest BCUT2D eigenvalue weighted by atomic mass is 10.1. The number of benzene rings is 2. The number of amides is 2. The first kappa shape index (κ1) is 18.9. The van der Waals surface area contributed by atoms with Crippen molar-refractivity contribution in [2.75, 3.05) is 0 Å². The standard InChI is InChI=1S/C20H20N2O4/c1-14(23)21-17(12-15-8-4-2-5-9-15)19(24)22-18(20(25)26)13-16-10-6-3-7-11-16/h2-12,18H,13H2,1H3,(H,21,23)(H,22,24)(H,25,26)/b17-12-/t18-/m0/s1. The largest absolute Gasteiger partial charge is 0.480 e. The summed E-state index contributed by atoms with van der Waals surface area (Å²) in [6.07, 6.45) is 1.64. The second-order valence-electron chi connectivity index (χ2n) is 5.70. The fraction of sp³-hybridized carbons (Fsp3) is 0.150. The van der Waals surface area contributed by atoms with Gasteiger partial charge in [0.05, 0.1) is 0 Å². The highest BCUT2D eigenvalue weighted by molar-refractivity contribution is 6.02. The third-order valence-corrected chi connectivity index (χ3v) is 3.55. The van der Waals surface area contributed by atoms with Gasteiger partial charge in [-0.25, -0.2) is 4.79 Å². The number of hydrogen-bond donors (Lipinski definition) is 3. The Hall–Kier alpha value is -3.41. The van der Waals surface area contributed by atoms with Gasteiger partial charge in [-0.15, -0.1) is 0 Å². The lowest BCUT2D eigenvalue weighted by molar-refractivity contribution is -0.141. The number of rotatable bonds is 7. The molecule has 0 bridgehead atoms. The van der Waals surface area contributed by atoms with Crippen molar-refractivity contribution < 1.29 is 19.5 Å². The Balaban J connectivity index is 2.19. The maximum atomic E-state index is 12.5. The first-order chi connectivity index (χ1) is 12.5. The highest BCUT2D eigenvalue weighted by Gasteiger charge is 2.22. The quantitative estimate of drug-likeness (QED) is 0.664. The van der Waals surface area contributed by atoms with Gasteiger partial charge in [-0.3, -0.25) is 9.59 Å². The molecule has 2 aromatic carbocycles. The van der Waals surface area contributed by atoms with Crippen molar-refractivity contribution in [3.8, 4) is 0 Å². The van der Waals surface area contributed by atoms with E-state index in [9.17, 15) is 19.5 Å². The Morgan fingerprint density at radius 3 is 2.12 bits per heavy atom. The summed E-state index contributed by atoms with van der Waals surface area (Å²) < 4.78 is 0. The smallest absolute Gasteiger partial charge is 0.326 e. The fourth-order valence-electron chi connectivity index (χ4n) is 2.35. The molecule has 0 fully saturated rings. The van der Waals surface area contributed by atoms with Gasteiger partial charge in [0.2, 0.25) is 5.91 Å². The van der Waals surface area contributed by atoms with E-state index in [0.717, 1.165) is 5.56 Å². The van der Waals surface area contributed by atoms with Crippen LogP contribution in [0.3, 0.4) is 0 Å². The normalized spacial score (nSPS) is 12.1. The van der Waals surface area contributed by atoms with Crippen molar-refractivity contribution in [1.82, 2.24) is 10.6 Å². The van der Waals surface area contributed by atoms with E-state index in [0.29, 0.717) is 5.56 Å². The second kappa shape index (κ2) is 9.17. The van der Waals surface area contributed by atoms with Crippen LogP contribution < -0.4 is 10.6 Å². The molecule has 26 heavy (non-hydrogen) atoms. The zero-order valence-electron chi connectivity index (χ0n) is 14.3. The molecule has 2 rings (SSSR count). The highest BCUT2D eigenvalue weighted by Crippen LogP contribution is 2.07. The van der Waals surface area contributed by atoms with Crippen molar-refractivity contribution in [2.24, 2.45) is 0 Å². The van der Waals surface area contributed by atoms with E-state index in [2.05, 4.69) is 10.6 Å². The van der Waals surface area contributed by atoms with Gasteiger partial charge in [-0.1, -0.05) is 60.7 Å². The first-order valence-corrected chi connectivity index (χ1v) is 8.07. The van der Waals surface area contributed by atoms with E-state index in [1.165, 1.54) is 13.0 Å². The van der Waals surface area contributed by atoms with Crippen LogP contribution in [0.4, 0.5) is 0 Å². The SMILES string of the molecule is CC(=O)N/C(=C\c1ccccc1)C(=O)N[C@@H](Cc1ccccc1)C(=O)O. The fourth-order valence-corrected chi connectivity index (χ4v) is 2.35. The third kappa shape index (κ3) is 5.90. The molecular formula is C20H20N2O4. The second-order valence-corrected chi connectivity index (χ2v) is 5.70. The third-order valence-electron chi connectivity index (χ3n) is 3.55. The highest BCUT2D eigenvalue weighted by atomic mass is 16.4. The molecular weight excluding hydrogens is 332 g/mol. The summed E-state index contributed by atoms with van der Waals surface area (Å²) in [5, 5.41) is 14.3. The maximum Gasteiger partial charge on any atom is 0.326 e. The number of aliphatic carboxylic acids is 1. The molecule has 0 saturated heterocycles. The summed E-state index contributed by atoms with van der Waals surface area (Å²) in [6, 6.07) is 16.9. The topological polar surface area (TPSA) is 95.5 Å². The summed E-state index contributed by atoms with van der Waals surface area (Å²) in [7, 11) is 0. The van der Waals surface area contributed by atoms with Gasteiger partial charge >= 0.3 is 5.97 Å². The monoisotopic (exact) mass is 352 g/mol. The van der Waals surface area contributed by atoms with E-state index < -0.39 is 23.8 Å². The molecule has 0 aliphatic heterocycles. The van der Waals surface area contributed by atoms with Crippen LogP contribution in [-0.4, -0.2) is 28.9 Å². The Bertz CT molecular complexity index is 801. The lowest BCUT2D eigenvalue weighted by Gasteiger charge is -2.16. The summed E-state index contributed by atoms with van der Waals surface area (Å²) in [5.74, 6) is -2.23. The summed E-state index contributed by atoms with van der Waals surface area (Å²) in [4.78, 5) is 35.5. The van der Waals surface area contributed by atoms with Gasteiger partial charge < -0.3 is 15.7 Å². The summed E-state index contributed by atoms with van der Waals surface area (Å²) in [6.45, 7) is 1.28. The summed E-state index contributed by atoms with van der Waals surface area (Å²) >= 11 is 0. The Kier molecular flexibility index (Phi) is 6.68. The van der Waals surface area contributed by atoms with Gasteiger partial charge in [0.15, 0.2) is 0 Å². The number of hydrogen-bond acceptors (Lipinski definition) is 3. The van der Waals surface area contributed by atoms with Crippen LogP contribution >= 0.6 is 0 Å². The van der Waals surface area contributed by atoms with Gasteiger partial charge in [-0.2, -0.15) is 0 Å². The zero-order valence-corrected chi connectivity index (χ0v) is 14.3. The number of carboxylic acids is 1. The molecule has 0 radical (unpaired) electrons. The molecule has 1 atom stereocenters. The van der Waals surface area contributed by atoms with Crippen LogP contribution in [0.1, 0.15) is 18.1 Å². The molecule has 0 saturated carbocycles. The molecule has 0 unspecified atom stereocenters. The van der Waals surface area contributed by atoms with E-state index >= 15 is 0 Å². The van der Waals surface area contributed by atoms with Gasteiger partial charge in [0.1, 0.15) is 11.7 Å². The molecule has 0 aliphatic rings. The van der Waals surface area contributed by atoms with Crippen molar-refractivity contribution in [2.45, 2.75) is 19.4 Å². The molecule has 6 nitrogen and oxygen atoms in total. The number of carbonyl (C=O) groups is 3. The number of carbonyl (C=O) groups excluding carboxylic acids is 2. The molecule has 0 aliphatic carbocycles. The molecule has 0 heterocycles. The van der Waals surface area contributed by atoms with Crippen molar-refractivity contribution in [1.29, 1.82) is 0 Å². The average Bonchev–Trinajstić information content (AvgIpc) is 2.62. The molecule has 6 heteroatoms. The van der Waals surface area contributed by atoms with Crippen LogP contribution in [0.5, 0.6) is 0 Å². The number of carboxylic acid groups (broad SMARTS) is 1. The maximum absolute atomic E-state index is 12.5. The molecule has 3 N–H and O–H groups in total. The molecule has 2 amide bonds. The average molecular weight is 352 g/mol. The minimum Gasteiger partial charge on any atom is -0.480 e. The Morgan fingerprint density at radius 2 is 1.58 bits per heavy atom. The molecule has 2 aromatic rings. The van der Waals surface area contributed by atoms with Gasteiger partial charge in [-0.05, 0) is 17.2 Å². The van der Waals surface area contributed by atoms with Crippen LogP contribution in [0.25, 0.3) is 6.08 Å². The predicted molar refractivity (Wildman–Crippen MR) is 97.9 cm³/mol. The molecule has 0 aromatic heterocycles. The van der Waals surface area contributed by atoms with Crippen LogP contribution in [0.15, 0.2) is 66.4 Å².